The maximum atomic E-state index is 13.8. The average molecular weight is 602 g/mol. The molecule has 2 aliphatic heterocycles. The van der Waals surface area contributed by atoms with Gasteiger partial charge >= 0.3 is 6.09 Å². The van der Waals surface area contributed by atoms with Gasteiger partial charge in [0.2, 0.25) is 15.9 Å². The van der Waals surface area contributed by atoms with E-state index in [2.05, 4.69) is 10.6 Å². The number of carbonyl (C=O) groups excluding carboxylic acids is 2. The molecule has 12 heteroatoms. The highest BCUT2D eigenvalue weighted by molar-refractivity contribution is 7.89. The molecule has 42 heavy (non-hydrogen) atoms. The van der Waals surface area contributed by atoms with Gasteiger partial charge in [0.15, 0.2) is 0 Å². The Balaban J connectivity index is 1.34. The number of hydrogen-bond acceptors (Lipinski definition) is 8. The molecule has 0 spiro atoms. The van der Waals surface area contributed by atoms with E-state index in [0.717, 1.165) is 24.8 Å². The van der Waals surface area contributed by atoms with Crippen LogP contribution in [-0.4, -0.2) is 87.0 Å². The second-order valence-corrected chi connectivity index (χ2v) is 13.1. The van der Waals surface area contributed by atoms with E-state index >= 15 is 0 Å². The monoisotopic (exact) mass is 601 g/mol. The molecule has 2 heterocycles. The molecule has 3 fully saturated rings. The summed E-state index contributed by atoms with van der Waals surface area (Å²) in [5.41, 5.74) is 0.861. The summed E-state index contributed by atoms with van der Waals surface area (Å²) in [6.45, 7) is 0.331. The molecule has 3 aliphatic rings. The molecular formula is C30H39N3O8S. The lowest BCUT2D eigenvalue weighted by molar-refractivity contribution is -0.119. The van der Waals surface area contributed by atoms with E-state index in [1.807, 2.05) is 30.3 Å². The summed E-state index contributed by atoms with van der Waals surface area (Å²) in [4.78, 5) is 25.0. The molecular weight excluding hydrogens is 562 g/mol. The second kappa shape index (κ2) is 13.4. The van der Waals surface area contributed by atoms with Gasteiger partial charge in [-0.2, -0.15) is 4.31 Å². The number of hydrogen-bond donors (Lipinski definition) is 3. The molecule has 1 unspecified atom stereocenters. The fourth-order valence-corrected chi connectivity index (χ4v) is 7.62. The zero-order chi connectivity index (χ0) is 29.7. The minimum atomic E-state index is -4.08. The van der Waals surface area contributed by atoms with Crippen molar-refractivity contribution < 1.29 is 37.3 Å². The number of fused-ring (bicyclic) bond motifs is 1. The minimum Gasteiger partial charge on any atom is -0.497 e. The quantitative estimate of drug-likeness (QED) is 0.336. The first-order valence-corrected chi connectivity index (χ1v) is 15.9. The third-order valence-corrected chi connectivity index (χ3v) is 10.2. The van der Waals surface area contributed by atoms with Crippen LogP contribution in [0.4, 0.5) is 4.79 Å². The Kier molecular flexibility index (Phi) is 9.67. The third-order valence-electron chi connectivity index (χ3n) is 8.40. The maximum absolute atomic E-state index is 13.8. The van der Waals surface area contributed by atoms with Crippen LogP contribution in [0.5, 0.6) is 5.75 Å². The van der Waals surface area contributed by atoms with Crippen molar-refractivity contribution in [2.75, 3.05) is 26.8 Å². The van der Waals surface area contributed by atoms with E-state index in [4.69, 9.17) is 14.2 Å². The first-order chi connectivity index (χ1) is 20.2. The Labute approximate surface area is 246 Å². The lowest BCUT2D eigenvalue weighted by Gasteiger charge is -2.31. The van der Waals surface area contributed by atoms with Crippen LogP contribution in [0.15, 0.2) is 59.5 Å². The predicted octanol–water partition coefficient (Wildman–Crippen LogP) is 2.23. The normalized spacial score (nSPS) is 25.1. The SMILES string of the molecule is COc1ccc(S(=O)(=O)N(C[C@@H]2CCC(=O)N2)C[C@@H](O)[C@H](Cc2ccccc2)NC(=O)OC2CC[C@H]3OCC[C@@H]23)cc1. The fourth-order valence-electron chi connectivity index (χ4n) is 6.11. The first kappa shape index (κ1) is 30.3. The second-order valence-electron chi connectivity index (χ2n) is 11.2. The number of amides is 2. The number of sulfonamides is 1. The van der Waals surface area contributed by atoms with Crippen LogP contribution in [0, 0.1) is 5.92 Å². The molecule has 2 aromatic carbocycles. The highest BCUT2D eigenvalue weighted by Crippen LogP contribution is 2.37. The number of alkyl carbamates (subject to hydrolysis) is 1. The fraction of sp³-hybridized carbons (Fsp3) is 0.533. The molecule has 0 aromatic heterocycles. The third kappa shape index (κ3) is 7.23. The van der Waals surface area contributed by atoms with Crippen molar-refractivity contribution in [3.8, 4) is 5.75 Å². The molecule has 1 saturated carbocycles. The molecule has 1 aliphatic carbocycles. The summed E-state index contributed by atoms with van der Waals surface area (Å²) in [5.74, 6) is 0.530. The van der Waals surface area contributed by atoms with Gasteiger partial charge in [0, 0.05) is 38.1 Å². The average Bonchev–Trinajstić information content (AvgIpc) is 3.72. The van der Waals surface area contributed by atoms with E-state index in [1.54, 1.807) is 12.1 Å². The van der Waals surface area contributed by atoms with Crippen molar-refractivity contribution >= 4 is 22.0 Å². The Hall–Kier alpha value is -3.19. The molecule has 2 amide bonds. The number of nitrogens with one attached hydrogen (secondary N) is 2. The van der Waals surface area contributed by atoms with Crippen LogP contribution in [-0.2, 0) is 30.7 Å². The van der Waals surface area contributed by atoms with E-state index in [-0.39, 0.29) is 48.4 Å². The highest BCUT2D eigenvalue weighted by atomic mass is 32.2. The summed E-state index contributed by atoms with van der Waals surface area (Å²) in [6.07, 6.45) is 1.36. The maximum Gasteiger partial charge on any atom is 0.407 e. The van der Waals surface area contributed by atoms with Gasteiger partial charge < -0.3 is 30.0 Å². The van der Waals surface area contributed by atoms with E-state index in [0.29, 0.717) is 25.2 Å². The van der Waals surface area contributed by atoms with E-state index in [1.165, 1.54) is 23.5 Å². The van der Waals surface area contributed by atoms with Crippen LogP contribution < -0.4 is 15.4 Å². The van der Waals surface area contributed by atoms with Gasteiger partial charge in [-0.15, -0.1) is 0 Å². The van der Waals surface area contributed by atoms with Gasteiger partial charge in [0.25, 0.3) is 0 Å². The number of methoxy groups -OCH3 is 1. The van der Waals surface area contributed by atoms with Crippen molar-refractivity contribution in [2.45, 2.75) is 73.8 Å². The minimum absolute atomic E-state index is 0.0230. The van der Waals surface area contributed by atoms with Crippen LogP contribution in [0.3, 0.4) is 0 Å². The van der Waals surface area contributed by atoms with Gasteiger partial charge in [-0.05, 0) is 61.9 Å². The molecule has 6 atom stereocenters. The zero-order valence-electron chi connectivity index (χ0n) is 23.7. The van der Waals surface area contributed by atoms with Crippen LogP contribution in [0.2, 0.25) is 0 Å². The van der Waals surface area contributed by atoms with Gasteiger partial charge in [0.1, 0.15) is 11.9 Å². The summed E-state index contributed by atoms with van der Waals surface area (Å²) in [7, 11) is -2.59. The Morgan fingerprint density at radius 2 is 1.88 bits per heavy atom. The molecule has 2 saturated heterocycles. The lowest BCUT2D eigenvalue weighted by Crippen LogP contribution is -2.52. The Morgan fingerprint density at radius 3 is 2.57 bits per heavy atom. The Bertz CT molecular complexity index is 1320. The number of aliphatic hydroxyl groups excluding tert-OH is 1. The number of nitrogens with zero attached hydrogens (tertiary/aromatic N) is 1. The highest BCUT2D eigenvalue weighted by Gasteiger charge is 2.43. The van der Waals surface area contributed by atoms with Crippen LogP contribution in [0.1, 0.15) is 37.7 Å². The number of aliphatic hydroxyl groups is 1. The van der Waals surface area contributed by atoms with Crippen molar-refractivity contribution in [3.63, 3.8) is 0 Å². The van der Waals surface area contributed by atoms with Crippen LogP contribution in [0.25, 0.3) is 0 Å². The number of carbonyl (C=O) groups is 2. The molecule has 0 bridgehead atoms. The number of benzene rings is 2. The van der Waals surface area contributed by atoms with E-state index in [9.17, 15) is 23.1 Å². The number of ether oxygens (including phenoxy) is 3. The lowest BCUT2D eigenvalue weighted by atomic mass is 10.0. The molecule has 2 aromatic rings. The summed E-state index contributed by atoms with van der Waals surface area (Å²) in [6, 6.07) is 14.1. The summed E-state index contributed by atoms with van der Waals surface area (Å²) >= 11 is 0. The standard InChI is InChI=1S/C30H39N3O8S/c1-39-22-8-10-23(11-9-22)42(37,38)33(18-21-7-14-29(35)31-21)19-26(34)25(17-20-5-3-2-4-6-20)32-30(36)41-28-13-12-27-24(28)15-16-40-27/h2-6,8-11,21,24-28,34H,7,12-19H2,1H3,(H,31,35)(H,32,36)/t21-,24+,25-,26+,27+,28?/m0/s1. The zero-order valence-corrected chi connectivity index (χ0v) is 24.5. The van der Waals surface area contributed by atoms with Crippen molar-refractivity contribution in [1.82, 2.24) is 14.9 Å². The number of rotatable bonds is 12. The largest absolute Gasteiger partial charge is 0.497 e. The Morgan fingerprint density at radius 1 is 1.12 bits per heavy atom. The van der Waals surface area contributed by atoms with Gasteiger partial charge in [-0.1, -0.05) is 30.3 Å². The first-order valence-electron chi connectivity index (χ1n) is 14.5. The van der Waals surface area contributed by atoms with Crippen molar-refractivity contribution in [3.05, 3.63) is 60.2 Å². The molecule has 0 radical (unpaired) electrons. The topological polar surface area (TPSA) is 144 Å². The summed E-state index contributed by atoms with van der Waals surface area (Å²) < 4.78 is 45.5. The van der Waals surface area contributed by atoms with Crippen molar-refractivity contribution in [2.24, 2.45) is 5.92 Å². The van der Waals surface area contributed by atoms with Crippen LogP contribution >= 0.6 is 0 Å². The molecule has 11 nitrogen and oxygen atoms in total. The van der Waals surface area contributed by atoms with Gasteiger partial charge in [-0.25, -0.2) is 13.2 Å². The molecule has 3 N–H and O–H groups in total. The predicted molar refractivity (Wildman–Crippen MR) is 153 cm³/mol. The van der Waals surface area contributed by atoms with Gasteiger partial charge in [0.05, 0.1) is 30.3 Å². The van der Waals surface area contributed by atoms with E-state index < -0.39 is 34.3 Å². The van der Waals surface area contributed by atoms with Gasteiger partial charge in [-0.3, -0.25) is 4.79 Å². The molecule has 228 valence electrons. The summed E-state index contributed by atoms with van der Waals surface area (Å²) in [5, 5.41) is 17.2. The van der Waals surface area contributed by atoms with Crippen molar-refractivity contribution in [1.29, 1.82) is 0 Å². The smallest absolute Gasteiger partial charge is 0.407 e. The molecule has 5 rings (SSSR count).